The molecule has 0 atom stereocenters. The number of benzene rings is 2. The molecule has 2 aromatic carbocycles. The van der Waals surface area contributed by atoms with E-state index >= 15 is 0 Å². The molecule has 0 spiro atoms. The second-order valence-electron chi connectivity index (χ2n) is 4.67. The molecule has 0 bridgehead atoms. The predicted molar refractivity (Wildman–Crippen MR) is 84.7 cm³/mol. The van der Waals surface area contributed by atoms with Gasteiger partial charge in [-0.15, -0.1) is 0 Å². The maximum absolute atomic E-state index is 5.46. The number of hydrogen-bond acceptors (Lipinski definition) is 3. The number of nitrogens with zero attached hydrogens (tertiary/aromatic N) is 1. The molecule has 2 rings (SSSR count). The lowest BCUT2D eigenvalue weighted by atomic mass is 10.1. The fourth-order valence-corrected chi connectivity index (χ4v) is 1.84. The molecule has 0 unspecified atom stereocenters. The lowest BCUT2D eigenvalue weighted by Gasteiger charge is -2.05. The molecule has 3 heteroatoms. The number of rotatable bonds is 5. The van der Waals surface area contributed by atoms with E-state index in [1.165, 1.54) is 11.1 Å². The highest BCUT2D eigenvalue weighted by Crippen LogP contribution is 2.14. The molecule has 2 aromatic rings. The van der Waals surface area contributed by atoms with Gasteiger partial charge in [0.2, 0.25) is 0 Å². The quantitative estimate of drug-likeness (QED) is 0.653. The van der Waals surface area contributed by atoms with Gasteiger partial charge in [0.1, 0.15) is 5.75 Å². The molecular weight excluding hydrogens is 248 g/mol. The van der Waals surface area contributed by atoms with E-state index < -0.39 is 0 Å². The summed E-state index contributed by atoms with van der Waals surface area (Å²) in [5.74, 6) is 0.864. The van der Waals surface area contributed by atoms with Gasteiger partial charge in [0, 0.05) is 0 Å². The van der Waals surface area contributed by atoms with E-state index in [0.717, 1.165) is 17.0 Å². The maximum Gasteiger partial charge on any atom is 0.119 e. The lowest BCUT2D eigenvalue weighted by Crippen LogP contribution is -1.94. The summed E-state index contributed by atoms with van der Waals surface area (Å²) in [6.07, 6.45) is 1.79. The number of hydrogen-bond donors (Lipinski definition) is 1. The van der Waals surface area contributed by atoms with Gasteiger partial charge in [-0.25, -0.2) is 0 Å². The average molecular weight is 268 g/mol. The van der Waals surface area contributed by atoms with E-state index in [0.29, 0.717) is 6.61 Å². The van der Waals surface area contributed by atoms with Crippen molar-refractivity contribution in [2.45, 2.75) is 20.8 Å². The molecule has 3 nitrogen and oxygen atoms in total. The summed E-state index contributed by atoms with van der Waals surface area (Å²) in [7, 11) is 0. The van der Waals surface area contributed by atoms with Gasteiger partial charge in [0.05, 0.1) is 18.5 Å². The molecule has 0 saturated heterocycles. The van der Waals surface area contributed by atoms with Crippen LogP contribution in [0.2, 0.25) is 0 Å². The molecular formula is C17H20N2O. The van der Waals surface area contributed by atoms with Crippen LogP contribution in [0.5, 0.6) is 5.75 Å². The summed E-state index contributed by atoms with van der Waals surface area (Å²) in [4.78, 5) is 0. The van der Waals surface area contributed by atoms with E-state index in [2.05, 4.69) is 36.5 Å². The van der Waals surface area contributed by atoms with E-state index in [1.54, 1.807) is 6.21 Å². The Morgan fingerprint density at radius 1 is 1.10 bits per heavy atom. The van der Waals surface area contributed by atoms with E-state index in [4.69, 9.17) is 4.74 Å². The van der Waals surface area contributed by atoms with Crippen molar-refractivity contribution in [3.05, 3.63) is 59.2 Å². The monoisotopic (exact) mass is 268 g/mol. The van der Waals surface area contributed by atoms with Gasteiger partial charge in [0.15, 0.2) is 0 Å². The van der Waals surface area contributed by atoms with Crippen LogP contribution in [0.15, 0.2) is 47.6 Å². The van der Waals surface area contributed by atoms with Crippen molar-refractivity contribution < 1.29 is 4.74 Å². The first-order valence-corrected chi connectivity index (χ1v) is 6.78. The van der Waals surface area contributed by atoms with Crippen LogP contribution >= 0.6 is 0 Å². The molecule has 0 aromatic heterocycles. The van der Waals surface area contributed by atoms with Crippen LogP contribution < -0.4 is 10.2 Å². The van der Waals surface area contributed by atoms with Crippen LogP contribution in [0.25, 0.3) is 0 Å². The fourth-order valence-electron chi connectivity index (χ4n) is 1.84. The highest BCUT2D eigenvalue weighted by atomic mass is 16.5. The van der Waals surface area contributed by atoms with E-state index in [-0.39, 0.29) is 0 Å². The van der Waals surface area contributed by atoms with Gasteiger partial charge in [-0.2, -0.15) is 5.10 Å². The Morgan fingerprint density at radius 3 is 2.70 bits per heavy atom. The minimum absolute atomic E-state index is 0.668. The van der Waals surface area contributed by atoms with Crippen molar-refractivity contribution in [2.75, 3.05) is 12.0 Å². The van der Waals surface area contributed by atoms with Crippen LogP contribution in [0.1, 0.15) is 23.6 Å². The lowest BCUT2D eigenvalue weighted by molar-refractivity contribution is 0.340. The molecule has 0 aliphatic rings. The fraction of sp³-hybridized carbons (Fsp3) is 0.235. The van der Waals surface area contributed by atoms with Crippen molar-refractivity contribution in [3.63, 3.8) is 0 Å². The van der Waals surface area contributed by atoms with Crippen molar-refractivity contribution in [3.8, 4) is 5.75 Å². The van der Waals surface area contributed by atoms with Crippen molar-refractivity contribution in [1.82, 2.24) is 0 Å². The van der Waals surface area contributed by atoms with Crippen LogP contribution in [-0.2, 0) is 0 Å². The van der Waals surface area contributed by atoms with Crippen molar-refractivity contribution in [2.24, 2.45) is 5.10 Å². The van der Waals surface area contributed by atoms with Crippen LogP contribution in [-0.4, -0.2) is 12.8 Å². The van der Waals surface area contributed by atoms with E-state index in [1.807, 2.05) is 37.3 Å². The van der Waals surface area contributed by atoms with Crippen molar-refractivity contribution >= 4 is 11.9 Å². The SMILES string of the molecule is CCOc1cccc(/C=N/Nc2ccc(C)c(C)c2)c1. The Balaban J connectivity index is 2.02. The normalized spacial score (nSPS) is 10.8. The largest absolute Gasteiger partial charge is 0.494 e. The predicted octanol–water partition coefficient (Wildman–Crippen LogP) is 4.15. The molecule has 1 N–H and O–H groups in total. The number of ether oxygens (including phenoxy) is 1. The summed E-state index contributed by atoms with van der Waals surface area (Å²) >= 11 is 0. The van der Waals surface area contributed by atoms with Crippen LogP contribution in [0.3, 0.4) is 0 Å². The van der Waals surface area contributed by atoms with Crippen molar-refractivity contribution in [1.29, 1.82) is 0 Å². The standard InChI is InChI=1S/C17H20N2O/c1-4-20-17-7-5-6-15(11-17)12-18-19-16-9-8-13(2)14(3)10-16/h5-12,19H,4H2,1-3H3/b18-12+. The van der Waals surface area contributed by atoms with Gasteiger partial charge in [-0.05, 0) is 61.7 Å². The molecule has 0 saturated carbocycles. The third kappa shape index (κ3) is 3.85. The Bertz CT molecular complexity index is 606. The Labute approximate surface area is 120 Å². The van der Waals surface area contributed by atoms with Gasteiger partial charge < -0.3 is 4.74 Å². The number of aryl methyl sites for hydroxylation is 2. The molecule has 104 valence electrons. The minimum atomic E-state index is 0.668. The zero-order valence-corrected chi connectivity index (χ0v) is 12.2. The maximum atomic E-state index is 5.46. The highest BCUT2D eigenvalue weighted by Gasteiger charge is 1.95. The number of anilines is 1. The first-order valence-electron chi connectivity index (χ1n) is 6.78. The second-order valence-corrected chi connectivity index (χ2v) is 4.67. The first-order chi connectivity index (χ1) is 9.69. The van der Waals surface area contributed by atoms with E-state index in [9.17, 15) is 0 Å². The molecule has 20 heavy (non-hydrogen) atoms. The molecule has 0 radical (unpaired) electrons. The topological polar surface area (TPSA) is 33.6 Å². The third-order valence-electron chi connectivity index (χ3n) is 3.08. The Hall–Kier alpha value is -2.29. The first kappa shape index (κ1) is 14.1. The molecule has 0 amide bonds. The van der Waals surface area contributed by atoms with Gasteiger partial charge >= 0.3 is 0 Å². The average Bonchev–Trinajstić information content (AvgIpc) is 2.44. The summed E-state index contributed by atoms with van der Waals surface area (Å²) in [5.41, 5.74) is 7.57. The smallest absolute Gasteiger partial charge is 0.119 e. The Kier molecular flexibility index (Phi) is 4.77. The number of nitrogens with one attached hydrogen (secondary N) is 1. The molecule has 0 aliphatic carbocycles. The molecule has 0 aliphatic heterocycles. The molecule has 0 fully saturated rings. The second kappa shape index (κ2) is 6.75. The summed E-state index contributed by atoms with van der Waals surface area (Å²) in [5, 5.41) is 4.25. The number of hydrazone groups is 1. The Morgan fingerprint density at radius 2 is 1.95 bits per heavy atom. The molecule has 0 heterocycles. The summed E-state index contributed by atoms with van der Waals surface area (Å²) < 4.78 is 5.46. The van der Waals surface area contributed by atoms with Crippen LogP contribution in [0.4, 0.5) is 5.69 Å². The third-order valence-corrected chi connectivity index (χ3v) is 3.08. The van der Waals surface area contributed by atoms with Gasteiger partial charge in [0.25, 0.3) is 0 Å². The van der Waals surface area contributed by atoms with Gasteiger partial charge in [-0.1, -0.05) is 18.2 Å². The van der Waals surface area contributed by atoms with Gasteiger partial charge in [-0.3, -0.25) is 5.43 Å². The highest BCUT2D eigenvalue weighted by molar-refractivity contribution is 5.80. The summed E-state index contributed by atoms with van der Waals surface area (Å²) in [6, 6.07) is 14.1. The summed E-state index contributed by atoms with van der Waals surface area (Å²) in [6.45, 7) is 6.83. The minimum Gasteiger partial charge on any atom is -0.494 e. The zero-order chi connectivity index (χ0) is 14.4. The zero-order valence-electron chi connectivity index (χ0n) is 12.2. The van der Waals surface area contributed by atoms with Crippen LogP contribution in [0, 0.1) is 13.8 Å².